The minimum atomic E-state index is -0.228. The Morgan fingerprint density at radius 3 is 3.08 bits per heavy atom. The summed E-state index contributed by atoms with van der Waals surface area (Å²) < 4.78 is 11.4. The first-order chi connectivity index (χ1) is 12.7. The summed E-state index contributed by atoms with van der Waals surface area (Å²) in [7, 11) is 0. The van der Waals surface area contributed by atoms with Gasteiger partial charge in [-0.05, 0) is 38.3 Å². The molecule has 1 atom stereocenters. The Bertz CT molecular complexity index is 714. The van der Waals surface area contributed by atoms with Gasteiger partial charge in [0.2, 0.25) is 0 Å². The first-order valence-corrected chi connectivity index (χ1v) is 9.88. The first kappa shape index (κ1) is 18.7. The second-order valence-electron chi connectivity index (χ2n) is 6.31. The van der Waals surface area contributed by atoms with Crippen LogP contribution in [-0.2, 0) is 11.2 Å². The predicted molar refractivity (Wildman–Crippen MR) is 103 cm³/mol. The molecule has 1 aliphatic heterocycles. The van der Waals surface area contributed by atoms with Gasteiger partial charge in [0, 0.05) is 30.6 Å². The molecule has 0 aliphatic carbocycles. The number of para-hydroxylation sites is 2. The molecule has 1 aromatic carbocycles. The molecule has 2 N–H and O–H groups in total. The van der Waals surface area contributed by atoms with E-state index in [1.165, 1.54) is 0 Å². The van der Waals surface area contributed by atoms with Crippen molar-refractivity contribution in [1.82, 2.24) is 10.3 Å². The molecule has 0 saturated carbocycles. The molecule has 1 aromatic heterocycles. The molecular formula is C19H25N3O3S. The number of thiazole rings is 1. The van der Waals surface area contributed by atoms with E-state index in [1.807, 2.05) is 36.6 Å². The van der Waals surface area contributed by atoms with Gasteiger partial charge in [0.05, 0.1) is 16.8 Å². The summed E-state index contributed by atoms with van der Waals surface area (Å²) in [5.74, 6) is 0.663. The highest BCUT2D eigenvalue weighted by Crippen LogP contribution is 2.25. The van der Waals surface area contributed by atoms with Crippen LogP contribution >= 0.6 is 11.3 Å². The molecule has 140 valence electrons. The van der Waals surface area contributed by atoms with Crippen LogP contribution in [-0.4, -0.2) is 36.9 Å². The molecule has 7 heteroatoms. The van der Waals surface area contributed by atoms with Crippen LogP contribution in [0.4, 0.5) is 10.5 Å². The number of aromatic nitrogens is 1. The number of nitrogens with one attached hydrogen (secondary N) is 2. The number of anilines is 1. The smallest absolute Gasteiger partial charge is 0.319 e. The Morgan fingerprint density at radius 1 is 1.42 bits per heavy atom. The van der Waals surface area contributed by atoms with Crippen molar-refractivity contribution in [2.75, 3.05) is 25.1 Å². The van der Waals surface area contributed by atoms with Gasteiger partial charge in [-0.1, -0.05) is 12.1 Å². The highest BCUT2D eigenvalue weighted by molar-refractivity contribution is 7.09. The highest BCUT2D eigenvalue weighted by Gasteiger charge is 2.17. The monoisotopic (exact) mass is 375 g/mol. The summed E-state index contributed by atoms with van der Waals surface area (Å²) in [5, 5.41) is 8.89. The fraction of sp³-hybridized carbons (Fsp3) is 0.474. The third-order valence-electron chi connectivity index (χ3n) is 4.10. The van der Waals surface area contributed by atoms with Crippen LogP contribution in [0, 0.1) is 6.92 Å². The van der Waals surface area contributed by atoms with Crippen LogP contribution in [0.2, 0.25) is 0 Å². The average Bonchev–Trinajstić information content (AvgIpc) is 3.30. The summed E-state index contributed by atoms with van der Waals surface area (Å²) in [5.41, 5.74) is 1.72. The van der Waals surface area contributed by atoms with E-state index in [2.05, 4.69) is 15.6 Å². The van der Waals surface area contributed by atoms with E-state index >= 15 is 0 Å². The van der Waals surface area contributed by atoms with Gasteiger partial charge in [-0.15, -0.1) is 11.3 Å². The standard InChI is InChI=1S/C19H25N3O3S/c1-14-13-26-18(21-14)9-4-10-20-19(23)22-16-7-2-3-8-17(16)25-12-15-6-5-11-24-15/h2-3,7-8,13,15H,4-6,9-12H2,1H3,(H2,20,22,23)/t15-/m1/s1. The number of rotatable bonds is 8. The molecule has 3 rings (SSSR count). The minimum absolute atomic E-state index is 0.145. The van der Waals surface area contributed by atoms with E-state index in [1.54, 1.807) is 11.3 Å². The molecule has 6 nitrogen and oxygen atoms in total. The Kier molecular flexibility index (Phi) is 6.85. The SMILES string of the molecule is Cc1csc(CCCNC(=O)Nc2ccccc2OC[C@H]2CCCO2)n1. The van der Waals surface area contributed by atoms with Gasteiger partial charge in [0.25, 0.3) is 0 Å². The van der Waals surface area contributed by atoms with Crippen molar-refractivity contribution >= 4 is 23.1 Å². The molecule has 0 unspecified atom stereocenters. The number of amides is 2. The third-order valence-corrected chi connectivity index (χ3v) is 5.13. The molecule has 1 aliphatic rings. The molecule has 2 heterocycles. The Morgan fingerprint density at radius 2 is 2.31 bits per heavy atom. The lowest BCUT2D eigenvalue weighted by atomic mass is 10.2. The summed E-state index contributed by atoms with van der Waals surface area (Å²) in [6.45, 7) is 3.90. The van der Waals surface area contributed by atoms with E-state index < -0.39 is 0 Å². The zero-order valence-electron chi connectivity index (χ0n) is 15.0. The number of hydrogen-bond donors (Lipinski definition) is 2. The molecule has 1 saturated heterocycles. The lowest BCUT2D eigenvalue weighted by Crippen LogP contribution is -2.30. The number of benzene rings is 1. The van der Waals surface area contributed by atoms with Crippen LogP contribution in [0.1, 0.15) is 30.0 Å². The van der Waals surface area contributed by atoms with Crippen LogP contribution < -0.4 is 15.4 Å². The highest BCUT2D eigenvalue weighted by atomic mass is 32.1. The van der Waals surface area contributed by atoms with Gasteiger partial charge in [0.15, 0.2) is 0 Å². The molecule has 26 heavy (non-hydrogen) atoms. The third kappa shape index (κ3) is 5.71. The van der Waals surface area contributed by atoms with E-state index in [0.29, 0.717) is 24.6 Å². The van der Waals surface area contributed by atoms with Crippen LogP contribution in [0.5, 0.6) is 5.75 Å². The molecule has 0 radical (unpaired) electrons. The maximum absolute atomic E-state index is 12.1. The van der Waals surface area contributed by atoms with E-state index in [4.69, 9.17) is 9.47 Å². The van der Waals surface area contributed by atoms with Gasteiger partial charge in [-0.25, -0.2) is 9.78 Å². The lowest BCUT2D eigenvalue weighted by Gasteiger charge is -2.15. The molecular weight excluding hydrogens is 350 g/mol. The Labute approximate surface area is 157 Å². The maximum Gasteiger partial charge on any atom is 0.319 e. The van der Waals surface area contributed by atoms with Crippen LogP contribution in [0.15, 0.2) is 29.6 Å². The van der Waals surface area contributed by atoms with Crippen molar-refractivity contribution in [1.29, 1.82) is 0 Å². The second kappa shape index (κ2) is 9.54. The molecule has 2 amide bonds. The number of aryl methyl sites for hydroxylation is 2. The van der Waals surface area contributed by atoms with E-state index in [9.17, 15) is 4.79 Å². The van der Waals surface area contributed by atoms with Crippen LogP contribution in [0.25, 0.3) is 0 Å². The van der Waals surface area contributed by atoms with Gasteiger partial charge < -0.3 is 20.1 Å². The Balaban J connectivity index is 1.41. The van der Waals surface area contributed by atoms with Crippen molar-refractivity contribution in [3.63, 3.8) is 0 Å². The second-order valence-corrected chi connectivity index (χ2v) is 7.25. The topological polar surface area (TPSA) is 72.5 Å². The fourth-order valence-corrected chi connectivity index (χ4v) is 3.60. The first-order valence-electron chi connectivity index (χ1n) is 9.00. The largest absolute Gasteiger partial charge is 0.489 e. The van der Waals surface area contributed by atoms with Crippen molar-refractivity contribution in [3.05, 3.63) is 40.3 Å². The summed E-state index contributed by atoms with van der Waals surface area (Å²) in [4.78, 5) is 16.5. The van der Waals surface area contributed by atoms with Crippen molar-refractivity contribution in [3.8, 4) is 5.75 Å². The summed E-state index contributed by atoms with van der Waals surface area (Å²) >= 11 is 1.66. The number of hydrogen-bond acceptors (Lipinski definition) is 5. The normalized spacial score (nSPS) is 16.4. The zero-order valence-corrected chi connectivity index (χ0v) is 15.8. The number of carbonyl (C=O) groups is 1. The van der Waals surface area contributed by atoms with Crippen molar-refractivity contribution < 1.29 is 14.3 Å². The molecule has 1 fully saturated rings. The minimum Gasteiger partial charge on any atom is -0.489 e. The van der Waals surface area contributed by atoms with Gasteiger partial charge in [0.1, 0.15) is 12.4 Å². The molecule has 0 spiro atoms. The average molecular weight is 375 g/mol. The Hall–Kier alpha value is -2.12. The quantitative estimate of drug-likeness (QED) is 0.689. The van der Waals surface area contributed by atoms with Gasteiger partial charge in [-0.2, -0.15) is 0 Å². The lowest BCUT2D eigenvalue weighted by molar-refractivity contribution is 0.0682. The fourth-order valence-electron chi connectivity index (χ4n) is 2.78. The predicted octanol–water partition coefficient (Wildman–Crippen LogP) is 3.76. The number of carbonyl (C=O) groups excluding carboxylic acids is 1. The van der Waals surface area contributed by atoms with Gasteiger partial charge >= 0.3 is 6.03 Å². The number of nitrogens with zero attached hydrogens (tertiary/aromatic N) is 1. The van der Waals surface area contributed by atoms with E-state index in [-0.39, 0.29) is 12.1 Å². The number of urea groups is 1. The van der Waals surface area contributed by atoms with Crippen LogP contribution in [0.3, 0.4) is 0 Å². The molecule has 0 bridgehead atoms. The van der Waals surface area contributed by atoms with Gasteiger partial charge in [-0.3, -0.25) is 0 Å². The van der Waals surface area contributed by atoms with Crippen molar-refractivity contribution in [2.45, 2.75) is 38.7 Å². The van der Waals surface area contributed by atoms with E-state index in [0.717, 1.165) is 43.0 Å². The maximum atomic E-state index is 12.1. The zero-order chi connectivity index (χ0) is 18.2. The summed E-state index contributed by atoms with van der Waals surface area (Å²) in [6, 6.07) is 7.23. The summed E-state index contributed by atoms with van der Waals surface area (Å²) in [6.07, 6.45) is 3.98. The molecule has 2 aromatic rings. The van der Waals surface area contributed by atoms with Crippen molar-refractivity contribution in [2.24, 2.45) is 0 Å². The number of ether oxygens (including phenoxy) is 2.